The van der Waals surface area contributed by atoms with Gasteiger partial charge in [0.05, 0.1) is 0 Å². The summed E-state index contributed by atoms with van der Waals surface area (Å²) in [5.41, 5.74) is 2.88. The molecule has 0 aliphatic carbocycles. The Morgan fingerprint density at radius 2 is 0.818 bits per heavy atom. The normalized spacial score (nSPS) is 8.27. The van der Waals surface area contributed by atoms with E-state index in [0.717, 1.165) is 0 Å². The molecule has 2 aromatic carbocycles. The van der Waals surface area contributed by atoms with E-state index in [-0.39, 0.29) is 0 Å². The fourth-order valence-electron chi connectivity index (χ4n) is 1.79. The summed E-state index contributed by atoms with van der Waals surface area (Å²) in [5, 5.41) is 0. The van der Waals surface area contributed by atoms with E-state index in [4.69, 9.17) is 0 Å². The van der Waals surface area contributed by atoms with Crippen molar-refractivity contribution in [2.24, 2.45) is 0 Å². The van der Waals surface area contributed by atoms with Gasteiger partial charge in [-0.3, -0.25) is 0 Å². The van der Waals surface area contributed by atoms with Gasteiger partial charge in [-0.2, -0.15) is 0 Å². The van der Waals surface area contributed by atoms with Crippen molar-refractivity contribution in [3.63, 3.8) is 0 Å². The Morgan fingerprint density at radius 1 is 0.545 bits per heavy atom. The molecular formula is C22H36. The highest BCUT2D eigenvalue weighted by Gasteiger charge is 1.93. The minimum absolute atomic E-state index is 1.18. The lowest BCUT2D eigenvalue weighted by atomic mass is 10.0. The van der Waals surface area contributed by atoms with Crippen LogP contribution in [0.3, 0.4) is 0 Å². The van der Waals surface area contributed by atoms with Crippen LogP contribution in [0.25, 0.3) is 0 Å². The zero-order valence-corrected chi connectivity index (χ0v) is 15.6. The van der Waals surface area contributed by atoms with Gasteiger partial charge < -0.3 is 0 Å². The van der Waals surface area contributed by atoms with Crippen molar-refractivity contribution in [1.82, 2.24) is 0 Å². The molecular weight excluding hydrogens is 264 g/mol. The molecule has 22 heavy (non-hydrogen) atoms. The molecule has 2 rings (SSSR count). The summed E-state index contributed by atoms with van der Waals surface area (Å²) in [4.78, 5) is 0. The van der Waals surface area contributed by atoms with E-state index in [1.54, 1.807) is 0 Å². The third-order valence-corrected chi connectivity index (χ3v) is 2.62. The van der Waals surface area contributed by atoms with Crippen molar-refractivity contribution >= 4 is 0 Å². The molecule has 2 aromatic rings. The topological polar surface area (TPSA) is 0 Å². The molecule has 0 amide bonds. The number of benzene rings is 2. The average Bonchev–Trinajstić information content (AvgIpc) is 2.61. The predicted octanol–water partition coefficient (Wildman–Crippen LogP) is 7.33. The third kappa shape index (κ3) is 13.4. The van der Waals surface area contributed by atoms with Crippen LogP contribution in [-0.4, -0.2) is 0 Å². The molecule has 0 heterocycles. The summed E-state index contributed by atoms with van der Waals surface area (Å²) < 4.78 is 0. The lowest BCUT2D eigenvalue weighted by molar-refractivity contribution is 0.821. The smallest absolute Gasteiger partial charge is 0.0276 e. The number of aryl methyl sites for hydroxylation is 2. The molecule has 0 aromatic heterocycles. The zero-order valence-electron chi connectivity index (χ0n) is 15.6. The van der Waals surface area contributed by atoms with Gasteiger partial charge in [-0.05, 0) is 30.4 Å². The van der Waals surface area contributed by atoms with Gasteiger partial charge >= 0.3 is 0 Å². The van der Waals surface area contributed by atoms with Crippen LogP contribution in [0.4, 0.5) is 0 Å². The van der Waals surface area contributed by atoms with E-state index in [9.17, 15) is 0 Å². The third-order valence-electron chi connectivity index (χ3n) is 2.62. The summed E-state index contributed by atoms with van der Waals surface area (Å²) in [6.07, 6.45) is 4.83. The van der Waals surface area contributed by atoms with Gasteiger partial charge in [0.2, 0.25) is 0 Å². The molecule has 0 radical (unpaired) electrons. The molecule has 0 fully saturated rings. The second kappa shape index (κ2) is 19.4. The molecule has 0 unspecified atom stereocenters. The molecule has 0 saturated heterocycles. The minimum Gasteiger partial charge on any atom is -0.0683 e. The van der Waals surface area contributed by atoms with Crippen LogP contribution in [0.5, 0.6) is 0 Å². The largest absolute Gasteiger partial charge is 0.0683 e. The first-order valence-electron chi connectivity index (χ1n) is 8.94. The van der Waals surface area contributed by atoms with E-state index in [1.807, 2.05) is 27.7 Å². The molecule has 0 atom stereocenters. The predicted molar refractivity (Wildman–Crippen MR) is 104 cm³/mol. The highest BCUT2D eigenvalue weighted by molar-refractivity contribution is 5.17. The molecule has 0 aliphatic heterocycles. The van der Waals surface area contributed by atoms with Gasteiger partial charge in [0.25, 0.3) is 0 Å². The van der Waals surface area contributed by atoms with Gasteiger partial charge in [-0.25, -0.2) is 0 Å². The molecule has 124 valence electrons. The Labute approximate surface area is 139 Å². The average molecular weight is 301 g/mol. The summed E-state index contributed by atoms with van der Waals surface area (Å²) in [6.45, 7) is 12.2. The number of hydrogen-bond donors (Lipinski definition) is 0. The second-order valence-corrected chi connectivity index (χ2v) is 4.53. The first-order valence-corrected chi connectivity index (χ1v) is 8.94. The summed E-state index contributed by atoms with van der Waals surface area (Å²) in [5.74, 6) is 0. The van der Waals surface area contributed by atoms with Crippen molar-refractivity contribution in [3.8, 4) is 0 Å². The molecule has 0 saturated carbocycles. The van der Waals surface area contributed by atoms with Crippen LogP contribution in [0.1, 0.15) is 65.5 Å². The summed E-state index contributed by atoms with van der Waals surface area (Å²) in [7, 11) is 0. The van der Waals surface area contributed by atoms with Gasteiger partial charge in [-0.15, -0.1) is 0 Å². The Bertz CT molecular complexity index is 349. The molecule has 0 spiro atoms. The van der Waals surface area contributed by atoms with Crippen LogP contribution in [-0.2, 0) is 12.8 Å². The van der Waals surface area contributed by atoms with E-state index in [0.29, 0.717) is 0 Å². The first-order chi connectivity index (χ1) is 10.9. The van der Waals surface area contributed by atoms with Crippen LogP contribution in [0, 0.1) is 0 Å². The fourth-order valence-corrected chi connectivity index (χ4v) is 1.79. The highest BCUT2D eigenvalue weighted by Crippen LogP contribution is 2.07. The Morgan fingerprint density at radius 3 is 1.09 bits per heavy atom. The fraction of sp³-hybridized carbons (Fsp3) is 0.455. The van der Waals surface area contributed by atoms with Crippen molar-refractivity contribution < 1.29 is 0 Å². The van der Waals surface area contributed by atoms with Crippen molar-refractivity contribution in [3.05, 3.63) is 71.8 Å². The van der Waals surface area contributed by atoms with Crippen LogP contribution in [0.2, 0.25) is 0 Å². The standard InChI is InChI=1S/C15H16.C3H8.2C2H6/c1-3-8-14(9-4-1)12-7-13-15-10-5-2-6-11-15;1-3-2;2*1-2/h1-6,8-11H,7,12-13H2;3H2,1-2H3;2*1-2H3. The maximum atomic E-state index is 2.20. The zero-order chi connectivity index (χ0) is 17.1. The van der Waals surface area contributed by atoms with Crippen molar-refractivity contribution in [2.75, 3.05) is 0 Å². The Hall–Kier alpha value is -1.56. The molecule has 0 heteroatoms. The Balaban J connectivity index is 0. The molecule has 0 nitrogen and oxygen atoms in total. The van der Waals surface area contributed by atoms with Crippen LogP contribution in [0.15, 0.2) is 60.7 Å². The van der Waals surface area contributed by atoms with E-state index in [1.165, 1.54) is 36.8 Å². The minimum atomic E-state index is 1.18. The summed E-state index contributed by atoms with van der Waals surface area (Å²) in [6, 6.07) is 21.4. The van der Waals surface area contributed by atoms with Gasteiger partial charge in [0, 0.05) is 0 Å². The lowest BCUT2D eigenvalue weighted by Gasteiger charge is -2.01. The van der Waals surface area contributed by atoms with Crippen LogP contribution < -0.4 is 0 Å². The van der Waals surface area contributed by atoms with Crippen LogP contribution >= 0.6 is 0 Å². The highest BCUT2D eigenvalue weighted by atomic mass is 14.0. The summed E-state index contributed by atoms with van der Waals surface area (Å²) >= 11 is 0. The molecule has 0 aliphatic rings. The van der Waals surface area contributed by atoms with E-state index >= 15 is 0 Å². The van der Waals surface area contributed by atoms with E-state index < -0.39 is 0 Å². The van der Waals surface area contributed by atoms with E-state index in [2.05, 4.69) is 74.5 Å². The maximum Gasteiger partial charge on any atom is -0.0276 e. The monoisotopic (exact) mass is 300 g/mol. The lowest BCUT2D eigenvalue weighted by Crippen LogP contribution is -1.89. The Kier molecular flexibility index (Phi) is 20.1. The first kappa shape index (κ1) is 22.7. The molecule has 0 bridgehead atoms. The van der Waals surface area contributed by atoms with Gasteiger partial charge in [0.1, 0.15) is 0 Å². The van der Waals surface area contributed by atoms with Crippen molar-refractivity contribution in [1.29, 1.82) is 0 Å². The quantitative estimate of drug-likeness (QED) is 0.554. The number of hydrogen-bond acceptors (Lipinski definition) is 0. The SMILES string of the molecule is CC.CC.CCC.c1ccc(CCCc2ccccc2)cc1. The second-order valence-electron chi connectivity index (χ2n) is 4.53. The maximum absolute atomic E-state index is 2.20. The van der Waals surface area contributed by atoms with Crippen molar-refractivity contribution in [2.45, 2.75) is 67.2 Å². The van der Waals surface area contributed by atoms with Gasteiger partial charge in [-0.1, -0.05) is 109 Å². The number of rotatable bonds is 4. The van der Waals surface area contributed by atoms with Gasteiger partial charge in [0.15, 0.2) is 0 Å². The molecule has 0 N–H and O–H groups in total.